The minimum atomic E-state index is -0.396. The predicted octanol–water partition coefficient (Wildman–Crippen LogP) is 4.75. The molecule has 0 atom stereocenters. The highest BCUT2D eigenvalue weighted by Crippen LogP contribution is 2.29. The number of benzene rings is 2. The number of carbonyl (C=O) groups excluding carboxylic acids is 2. The van der Waals surface area contributed by atoms with Gasteiger partial charge in [0, 0.05) is 6.54 Å². The van der Waals surface area contributed by atoms with Crippen LogP contribution in [0, 0.1) is 0 Å². The molecule has 0 radical (unpaired) electrons. The van der Waals surface area contributed by atoms with E-state index in [1.807, 2.05) is 0 Å². The molecule has 0 fully saturated rings. The van der Waals surface area contributed by atoms with Crippen molar-refractivity contribution in [2.24, 2.45) is 0 Å². The largest absolute Gasteiger partial charge is 0.330 e. The van der Waals surface area contributed by atoms with Gasteiger partial charge in [0.15, 0.2) is 0 Å². The number of anilines is 1. The topological polar surface area (TPSA) is 49.4 Å². The Labute approximate surface area is 155 Å². The average Bonchev–Trinajstić information content (AvgIpc) is 2.56. The molecule has 7 heteroatoms. The summed E-state index contributed by atoms with van der Waals surface area (Å²) >= 11 is 18.1. The molecule has 0 aliphatic carbocycles. The van der Waals surface area contributed by atoms with Gasteiger partial charge in [-0.25, -0.2) is 0 Å². The van der Waals surface area contributed by atoms with Gasteiger partial charge in [-0.2, -0.15) is 0 Å². The molecule has 0 saturated carbocycles. The molecule has 126 valence electrons. The lowest BCUT2D eigenvalue weighted by molar-refractivity contribution is -0.116. The van der Waals surface area contributed by atoms with Crippen molar-refractivity contribution >= 4 is 52.3 Å². The zero-order chi connectivity index (χ0) is 17.7. The van der Waals surface area contributed by atoms with Crippen molar-refractivity contribution in [1.82, 2.24) is 4.90 Å². The number of likely N-dealkylation sites (N-methyl/N-ethyl adjacent to an activating group) is 1. The van der Waals surface area contributed by atoms with Gasteiger partial charge >= 0.3 is 0 Å². The minimum Gasteiger partial charge on any atom is -0.330 e. The third kappa shape index (κ3) is 4.41. The second-order valence-electron chi connectivity index (χ2n) is 4.94. The number of carbonyl (C=O) groups is 2. The van der Waals surface area contributed by atoms with E-state index in [2.05, 4.69) is 5.32 Å². The lowest BCUT2D eigenvalue weighted by Gasteiger charge is -2.21. The number of nitrogens with zero attached hydrogens (tertiary/aromatic N) is 1. The number of halogens is 3. The number of hydrogen-bond donors (Lipinski definition) is 1. The van der Waals surface area contributed by atoms with Gasteiger partial charge < -0.3 is 10.2 Å². The van der Waals surface area contributed by atoms with Crippen LogP contribution in [-0.2, 0) is 4.79 Å². The first-order chi connectivity index (χ1) is 11.4. The fourth-order valence-corrected chi connectivity index (χ4v) is 2.81. The molecule has 4 nitrogen and oxygen atoms in total. The lowest BCUT2D eigenvalue weighted by Crippen LogP contribution is -2.38. The van der Waals surface area contributed by atoms with Gasteiger partial charge in [0.1, 0.15) is 6.54 Å². The Balaban J connectivity index is 2.11. The first-order valence-corrected chi connectivity index (χ1v) is 8.35. The fraction of sp³-hybridized carbons (Fsp3) is 0.176. The normalized spacial score (nSPS) is 10.3. The van der Waals surface area contributed by atoms with Crippen LogP contribution in [0.3, 0.4) is 0 Å². The monoisotopic (exact) mass is 384 g/mol. The highest BCUT2D eigenvalue weighted by atomic mass is 35.5. The quantitative estimate of drug-likeness (QED) is 0.807. The van der Waals surface area contributed by atoms with E-state index in [4.69, 9.17) is 34.8 Å². The summed E-state index contributed by atoms with van der Waals surface area (Å²) in [5.74, 6) is -0.712. The highest BCUT2D eigenvalue weighted by molar-refractivity contribution is 6.39. The summed E-state index contributed by atoms with van der Waals surface area (Å²) in [6, 6.07) is 11.6. The van der Waals surface area contributed by atoms with Crippen molar-refractivity contribution in [2.75, 3.05) is 18.4 Å². The molecular formula is C17H15Cl3N2O2. The standard InChI is InChI=1S/C17H15Cl3N2O2/c1-2-22(17(24)11-6-3-4-7-12(11)18)10-15(23)21-16-13(19)8-5-9-14(16)20/h3-9H,2,10H2,1H3,(H,21,23). The number of nitrogens with one attached hydrogen (secondary N) is 1. The summed E-state index contributed by atoms with van der Waals surface area (Å²) in [5, 5.41) is 3.64. The first-order valence-electron chi connectivity index (χ1n) is 7.21. The zero-order valence-corrected chi connectivity index (χ0v) is 15.1. The predicted molar refractivity (Wildman–Crippen MR) is 98.1 cm³/mol. The summed E-state index contributed by atoms with van der Waals surface area (Å²) in [6.07, 6.45) is 0. The maximum Gasteiger partial charge on any atom is 0.255 e. The van der Waals surface area contributed by atoms with Crippen LogP contribution in [0.1, 0.15) is 17.3 Å². The second-order valence-corrected chi connectivity index (χ2v) is 6.17. The molecule has 2 aromatic carbocycles. The van der Waals surface area contributed by atoms with E-state index >= 15 is 0 Å². The summed E-state index contributed by atoms with van der Waals surface area (Å²) in [4.78, 5) is 26.2. The van der Waals surface area contributed by atoms with Gasteiger partial charge in [-0.3, -0.25) is 9.59 Å². The van der Waals surface area contributed by atoms with E-state index in [1.54, 1.807) is 49.4 Å². The van der Waals surface area contributed by atoms with E-state index in [0.717, 1.165) is 0 Å². The van der Waals surface area contributed by atoms with Gasteiger partial charge in [0.2, 0.25) is 5.91 Å². The van der Waals surface area contributed by atoms with Crippen LogP contribution in [0.4, 0.5) is 5.69 Å². The third-order valence-electron chi connectivity index (χ3n) is 3.33. The van der Waals surface area contributed by atoms with Crippen molar-refractivity contribution in [3.63, 3.8) is 0 Å². The molecule has 2 amide bonds. The van der Waals surface area contributed by atoms with Gasteiger partial charge in [0.05, 0.1) is 26.3 Å². The van der Waals surface area contributed by atoms with E-state index in [9.17, 15) is 9.59 Å². The van der Waals surface area contributed by atoms with Gasteiger partial charge in [-0.15, -0.1) is 0 Å². The molecule has 2 rings (SSSR count). The summed E-state index contributed by atoms with van der Waals surface area (Å²) < 4.78 is 0. The van der Waals surface area contributed by atoms with Crippen LogP contribution < -0.4 is 5.32 Å². The smallest absolute Gasteiger partial charge is 0.255 e. The Bertz CT molecular complexity index is 745. The number of hydrogen-bond acceptors (Lipinski definition) is 2. The Morgan fingerprint density at radius 1 is 0.958 bits per heavy atom. The van der Waals surface area contributed by atoms with Gasteiger partial charge in [-0.1, -0.05) is 53.0 Å². The first kappa shape index (κ1) is 18.6. The Morgan fingerprint density at radius 2 is 1.54 bits per heavy atom. The highest BCUT2D eigenvalue weighted by Gasteiger charge is 2.20. The van der Waals surface area contributed by atoms with Crippen molar-refractivity contribution < 1.29 is 9.59 Å². The van der Waals surface area contributed by atoms with Gasteiger partial charge in [0.25, 0.3) is 5.91 Å². The van der Waals surface area contributed by atoms with Crippen molar-refractivity contribution in [1.29, 1.82) is 0 Å². The number of para-hydroxylation sites is 1. The van der Waals surface area contributed by atoms with Crippen molar-refractivity contribution in [3.8, 4) is 0 Å². The van der Waals surface area contributed by atoms with Crippen LogP contribution >= 0.6 is 34.8 Å². The lowest BCUT2D eigenvalue weighted by atomic mass is 10.2. The SMILES string of the molecule is CCN(CC(=O)Nc1c(Cl)cccc1Cl)C(=O)c1ccccc1Cl. The molecular weight excluding hydrogens is 371 g/mol. The van der Waals surface area contributed by atoms with E-state index in [1.165, 1.54) is 4.90 Å². The van der Waals surface area contributed by atoms with E-state index in [-0.39, 0.29) is 12.5 Å². The van der Waals surface area contributed by atoms with Crippen LogP contribution in [0.2, 0.25) is 15.1 Å². The number of rotatable bonds is 5. The summed E-state index contributed by atoms with van der Waals surface area (Å²) in [6.45, 7) is 2.00. The maximum absolute atomic E-state index is 12.5. The Hall–Kier alpha value is -1.75. The molecule has 0 aromatic heterocycles. The molecule has 0 heterocycles. The molecule has 0 saturated heterocycles. The zero-order valence-electron chi connectivity index (χ0n) is 12.9. The van der Waals surface area contributed by atoms with Crippen LogP contribution in [-0.4, -0.2) is 29.8 Å². The van der Waals surface area contributed by atoms with Crippen LogP contribution in [0.25, 0.3) is 0 Å². The third-order valence-corrected chi connectivity index (χ3v) is 4.29. The number of amides is 2. The van der Waals surface area contributed by atoms with E-state index < -0.39 is 5.91 Å². The summed E-state index contributed by atoms with van der Waals surface area (Å²) in [5.41, 5.74) is 0.677. The molecule has 24 heavy (non-hydrogen) atoms. The molecule has 0 spiro atoms. The molecule has 2 aromatic rings. The summed E-state index contributed by atoms with van der Waals surface area (Å²) in [7, 11) is 0. The van der Waals surface area contributed by atoms with E-state index in [0.29, 0.717) is 32.9 Å². The second kappa shape index (κ2) is 8.38. The molecule has 0 aliphatic rings. The Morgan fingerprint density at radius 3 is 2.12 bits per heavy atom. The average molecular weight is 386 g/mol. The minimum absolute atomic E-state index is 0.137. The Kier molecular flexibility index (Phi) is 6.49. The van der Waals surface area contributed by atoms with Crippen molar-refractivity contribution in [2.45, 2.75) is 6.92 Å². The van der Waals surface area contributed by atoms with Crippen LogP contribution in [0.5, 0.6) is 0 Å². The maximum atomic E-state index is 12.5. The van der Waals surface area contributed by atoms with Crippen LogP contribution in [0.15, 0.2) is 42.5 Å². The van der Waals surface area contributed by atoms with Crippen molar-refractivity contribution in [3.05, 3.63) is 63.1 Å². The molecule has 1 N–H and O–H groups in total. The molecule has 0 aliphatic heterocycles. The molecule has 0 unspecified atom stereocenters. The fourth-order valence-electron chi connectivity index (χ4n) is 2.10. The van der Waals surface area contributed by atoms with Gasteiger partial charge in [-0.05, 0) is 31.2 Å². The molecule has 0 bridgehead atoms.